The van der Waals surface area contributed by atoms with E-state index in [9.17, 15) is 9.59 Å². The number of benzene rings is 1. The molecule has 1 aliphatic heterocycles. The van der Waals surface area contributed by atoms with Crippen LogP contribution in [0.15, 0.2) is 18.2 Å². The number of nitrogens with two attached hydrogens (primary N) is 1. The molecule has 2 atom stereocenters. The van der Waals surface area contributed by atoms with Crippen molar-refractivity contribution in [1.82, 2.24) is 0 Å². The van der Waals surface area contributed by atoms with Crippen LogP contribution in [0.4, 0.5) is 11.4 Å². The fourth-order valence-electron chi connectivity index (χ4n) is 1.54. The van der Waals surface area contributed by atoms with Crippen LogP contribution < -0.4 is 21.1 Å². The number of fused-ring (bicyclic) bond motifs is 1. The van der Waals surface area contributed by atoms with Gasteiger partial charge < -0.3 is 21.1 Å². The average Bonchev–Trinajstić information content (AvgIpc) is 2.31. The Labute approximate surface area is 104 Å². The summed E-state index contributed by atoms with van der Waals surface area (Å²) in [4.78, 5) is 22.9. The quantitative estimate of drug-likeness (QED) is 0.719. The maximum atomic E-state index is 11.5. The minimum atomic E-state index is -0.591. The Morgan fingerprint density at radius 3 is 2.94 bits per heavy atom. The Kier molecular flexibility index (Phi) is 3.20. The van der Waals surface area contributed by atoms with Crippen LogP contribution in [0.2, 0.25) is 0 Å². The van der Waals surface area contributed by atoms with E-state index in [-0.39, 0.29) is 11.8 Å². The third kappa shape index (κ3) is 2.43. The highest BCUT2D eigenvalue weighted by molar-refractivity contribution is 5.99. The number of ether oxygens (including phenoxy) is 1. The second kappa shape index (κ2) is 4.66. The van der Waals surface area contributed by atoms with Gasteiger partial charge in [0.1, 0.15) is 5.75 Å². The van der Waals surface area contributed by atoms with E-state index in [1.807, 2.05) is 0 Å². The largest absolute Gasteiger partial charge is 0.479 e. The van der Waals surface area contributed by atoms with Crippen LogP contribution >= 0.6 is 0 Å². The maximum Gasteiger partial charge on any atom is 0.265 e. The van der Waals surface area contributed by atoms with E-state index in [0.717, 1.165) is 0 Å². The Balaban J connectivity index is 2.20. The third-order valence-corrected chi connectivity index (χ3v) is 2.59. The molecule has 0 saturated heterocycles. The molecule has 1 heterocycles. The number of nitrogens with one attached hydrogen (secondary N) is 2. The SMILES string of the molecule is CC1Oc2ccc(NC(=O)[C@@H](C)N)cc2NC1=O. The normalized spacial score (nSPS) is 19.3. The van der Waals surface area contributed by atoms with Crippen molar-refractivity contribution in [2.45, 2.75) is 26.0 Å². The van der Waals surface area contributed by atoms with E-state index in [4.69, 9.17) is 10.5 Å². The van der Waals surface area contributed by atoms with Gasteiger partial charge >= 0.3 is 0 Å². The molecular weight excluding hydrogens is 234 g/mol. The monoisotopic (exact) mass is 249 g/mol. The third-order valence-electron chi connectivity index (χ3n) is 2.59. The first-order valence-electron chi connectivity index (χ1n) is 5.65. The molecule has 4 N–H and O–H groups in total. The molecule has 0 aliphatic carbocycles. The number of hydrogen-bond donors (Lipinski definition) is 3. The zero-order valence-corrected chi connectivity index (χ0v) is 10.2. The fourth-order valence-corrected chi connectivity index (χ4v) is 1.54. The van der Waals surface area contributed by atoms with Gasteiger partial charge in [-0.25, -0.2) is 0 Å². The summed E-state index contributed by atoms with van der Waals surface area (Å²) in [5.74, 6) is 0.0884. The molecule has 1 aromatic rings. The molecule has 0 saturated carbocycles. The first kappa shape index (κ1) is 12.4. The maximum absolute atomic E-state index is 11.5. The van der Waals surface area contributed by atoms with Gasteiger partial charge in [0.05, 0.1) is 11.7 Å². The second-order valence-corrected chi connectivity index (χ2v) is 4.24. The van der Waals surface area contributed by atoms with Crippen LogP contribution in [0.5, 0.6) is 5.75 Å². The summed E-state index contributed by atoms with van der Waals surface area (Å²) in [7, 11) is 0. The number of anilines is 2. The molecule has 6 heteroatoms. The molecule has 0 fully saturated rings. The Bertz CT molecular complexity index is 499. The van der Waals surface area contributed by atoms with Crippen molar-refractivity contribution >= 4 is 23.2 Å². The zero-order valence-electron chi connectivity index (χ0n) is 10.2. The van der Waals surface area contributed by atoms with Crippen molar-refractivity contribution in [3.63, 3.8) is 0 Å². The molecule has 6 nitrogen and oxygen atoms in total. The lowest BCUT2D eigenvalue weighted by molar-refractivity contribution is -0.122. The van der Waals surface area contributed by atoms with Crippen molar-refractivity contribution in [3.05, 3.63) is 18.2 Å². The number of carbonyl (C=O) groups is 2. The molecule has 0 spiro atoms. The van der Waals surface area contributed by atoms with Crippen molar-refractivity contribution in [3.8, 4) is 5.75 Å². The lowest BCUT2D eigenvalue weighted by Gasteiger charge is -2.23. The van der Waals surface area contributed by atoms with E-state index in [1.54, 1.807) is 32.0 Å². The highest BCUT2D eigenvalue weighted by Crippen LogP contribution is 2.32. The van der Waals surface area contributed by atoms with Gasteiger partial charge in [-0.3, -0.25) is 9.59 Å². The van der Waals surface area contributed by atoms with Gasteiger partial charge in [0, 0.05) is 5.69 Å². The molecule has 0 bridgehead atoms. The van der Waals surface area contributed by atoms with Gasteiger partial charge in [-0.2, -0.15) is 0 Å². The van der Waals surface area contributed by atoms with Crippen molar-refractivity contribution in [2.24, 2.45) is 5.73 Å². The van der Waals surface area contributed by atoms with Crippen molar-refractivity contribution < 1.29 is 14.3 Å². The molecule has 1 unspecified atom stereocenters. The van der Waals surface area contributed by atoms with Crippen LogP contribution in [0.25, 0.3) is 0 Å². The molecule has 0 radical (unpaired) electrons. The van der Waals surface area contributed by atoms with Crippen LogP contribution in [0, 0.1) is 0 Å². The lowest BCUT2D eigenvalue weighted by atomic mass is 10.2. The summed E-state index contributed by atoms with van der Waals surface area (Å²) in [6.45, 7) is 3.27. The first-order valence-corrected chi connectivity index (χ1v) is 5.65. The topological polar surface area (TPSA) is 93.4 Å². The Morgan fingerprint density at radius 1 is 1.56 bits per heavy atom. The summed E-state index contributed by atoms with van der Waals surface area (Å²) in [5, 5.41) is 5.35. The van der Waals surface area contributed by atoms with Crippen LogP contribution in [0.3, 0.4) is 0 Å². The molecule has 96 valence electrons. The molecule has 0 aromatic heterocycles. The molecule has 2 rings (SSSR count). The Morgan fingerprint density at radius 2 is 2.28 bits per heavy atom. The number of hydrogen-bond acceptors (Lipinski definition) is 4. The summed E-state index contributed by atoms with van der Waals surface area (Å²) < 4.78 is 5.40. The summed E-state index contributed by atoms with van der Waals surface area (Å²) in [5.41, 5.74) is 6.56. The number of carbonyl (C=O) groups excluding carboxylic acids is 2. The standard InChI is InChI=1S/C12H15N3O3/c1-6(13)11(16)14-8-3-4-10-9(5-8)15-12(17)7(2)18-10/h3-7H,13H2,1-2H3,(H,14,16)(H,15,17)/t6-,7?/m1/s1. The first-order chi connectivity index (χ1) is 8.47. The van der Waals surface area contributed by atoms with Crippen molar-refractivity contribution in [1.29, 1.82) is 0 Å². The zero-order chi connectivity index (χ0) is 13.3. The van der Waals surface area contributed by atoms with E-state index < -0.39 is 12.1 Å². The molecule has 1 aliphatic rings. The van der Waals surface area contributed by atoms with Gasteiger partial charge in [0.15, 0.2) is 6.10 Å². The van der Waals surface area contributed by atoms with Gasteiger partial charge in [0.25, 0.3) is 5.91 Å². The van der Waals surface area contributed by atoms with E-state index in [2.05, 4.69) is 10.6 Å². The summed E-state index contributed by atoms with van der Waals surface area (Å²) >= 11 is 0. The fraction of sp³-hybridized carbons (Fsp3) is 0.333. The highest BCUT2D eigenvalue weighted by atomic mass is 16.5. The van der Waals surface area contributed by atoms with E-state index in [0.29, 0.717) is 17.1 Å². The van der Waals surface area contributed by atoms with Crippen LogP contribution in [-0.4, -0.2) is 24.0 Å². The highest BCUT2D eigenvalue weighted by Gasteiger charge is 2.23. The van der Waals surface area contributed by atoms with Crippen LogP contribution in [-0.2, 0) is 9.59 Å². The second-order valence-electron chi connectivity index (χ2n) is 4.24. The Hall–Kier alpha value is -2.08. The predicted molar refractivity (Wildman–Crippen MR) is 67.4 cm³/mol. The van der Waals surface area contributed by atoms with Crippen LogP contribution in [0.1, 0.15) is 13.8 Å². The van der Waals surface area contributed by atoms with Gasteiger partial charge in [-0.1, -0.05) is 0 Å². The minimum absolute atomic E-state index is 0.210. The van der Waals surface area contributed by atoms with Crippen molar-refractivity contribution in [2.75, 3.05) is 10.6 Å². The molecule has 18 heavy (non-hydrogen) atoms. The molecular formula is C12H15N3O3. The van der Waals surface area contributed by atoms with Gasteiger partial charge in [-0.05, 0) is 32.0 Å². The summed E-state index contributed by atoms with van der Waals surface area (Å²) in [6.07, 6.45) is -0.512. The lowest BCUT2D eigenvalue weighted by Crippen LogP contribution is -2.35. The summed E-state index contributed by atoms with van der Waals surface area (Å²) in [6, 6.07) is 4.44. The molecule has 1 aromatic carbocycles. The van der Waals surface area contributed by atoms with Gasteiger partial charge in [0.2, 0.25) is 5.91 Å². The average molecular weight is 249 g/mol. The minimum Gasteiger partial charge on any atom is -0.479 e. The number of rotatable bonds is 2. The smallest absolute Gasteiger partial charge is 0.265 e. The molecule has 2 amide bonds. The number of amides is 2. The van der Waals surface area contributed by atoms with E-state index >= 15 is 0 Å². The van der Waals surface area contributed by atoms with E-state index in [1.165, 1.54) is 0 Å². The van der Waals surface area contributed by atoms with Gasteiger partial charge in [-0.15, -0.1) is 0 Å². The predicted octanol–water partition coefficient (Wildman–Crippen LogP) is 0.692.